The number of benzene rings is 4. The molecule has 5 rings (SSSR count). The maximum absolute atomic E-state index is 13.7. The molecule has 0 saturated heterocycles. The van der Waals surface area contributed by atoms with Crippen LogP contribution in [0.5, 0.6) is 5.75 Å². The molecular weight excluding hydrogens is 512 g/mol. The van der Waals surface area contributed by atoms with Gasteiger partial charge in [0.25, 0.3) is 0 Å². The number of aryl methyl sites for hydroxylation is 1. The van der Waals surface area contributed by atoms with Crippen LogP contribution in [0.4, 0.5) is 11.4 Å². The topological polar surface area (TPSA) is 84.5 Å². The van der Waals surface area contributed by atoms with Gasteiger partial charge in [-0.2, -0.15) is 0 Å². The van der Waals surface area contributed by atoms with E-state index in [1.54, 1.807) is 31.2 Å². The second-order valence-electron chi connectivity index (χ2n) is 10.3. The van der Waals surface area contributed by atoms with Crippen molar-refractivity contribution in [2.45, 2.75) is 26.4 Å². The van der Waals surface area contributed by atoms with Gasteiger partial charge in [-0.15, -0.1) is 0 Å². The minimum atomic E-state index is -1.09. The Bertz CT molecular complexity index is 1550. The van der Waals surface area contributed by atoms with Gasteiger partial charge in [0, 0.05) is 17.3 Å². The lowest BCUT2D eigenvalue weighted by atomic mass is 9.67. The first-order valence-electron chi connectivity index (χ1n) is 13.6. The molecule has 0 heterocycles. The van der Waals surface area contributed by atoms with Gasteiger partial charge < -0.3 is 15.4 Å². The second-order valence-corrected chi connectivity index (χ2v) is 10.3. The van der Waals surface area contributed by atoms with Gasteiger partial charge in [-0.3, -0.25) is 14.4 Å². The first kappa shape index (κ1) is 27.6. The van der Waals surface area contributed by atoms with Crippen LogP contribution in [-0.4, -0.2) is 17.6 Å². The molecule has 2 N–H and O–H groups in total. The van der Waals surface area contributed by atoms with Crippen molar-refractivity contribution in [3.8, 4) is 5.75 Å². The van der Waals surface area contributed by atoms with Crippen LogP contribution in [0.2, 0.25) is 0 Å². The number of carbonyl (C=O) groups excluding carboxylic acids is 3. The van der Waals surface area contributed by atoms with Crippen LogP contribution >= 0.6 is 0 Å². The van der Waals surface area contributed by atoms with E-state index in [0.29, 0.717) is 34.9 Å². The summed E-state index contributed by atoms with van der Waals surface area (Å²) < 4.78 is 5.99. The van der Waals surface area contributed by atoms with Crippen molar-refractivity contribution < 1.29 is 19.1 Å². The minimum Gasteiger partial charge on any atom is -0.489 e. The molecule has 0 spiro atoms. The number of amides is 2. The molecule has 3 atom stereocenters. The van der Waals surface area contributed by atoms with Gasteiger partial charge >= 0.3 is 0 Å². The van der Waals surface area contributed by atoms with E-state index in [1.807, 2.05) is 91.9 Å². The van der Waals surface area contributed by atoms with E-state index in [-0.39, 0.29) is 11.7 Å². The average Bonchev–Trinajstić information content (AvgIpc) is 2.97. The normalized spacial score (nSPS) is 18.2. The zero-order chi connectivity index (χ0) is 28.8. The fourth-order valence-corrected chi connectivity index (χ4v) is 5.22. The van der Waals surface area contributed by atoms with Crippen LogP contribution in [-0.2, 0) is 21.0 Å². The van der Waals surface area contributed by atoms with Crippen molar-refractivity contribution in [3.63, 3.8) is 0 Å². The van der Waals surface area contributed by atoms with Crippen LogP contribution in [0.25, 0.3) is 0 Å². The SMILES string of the molecule is CC1=CC(=O)C(C(=O)Nc2ccccc2)C(c2ccc(OCc3ccc(C)cc3)cc2)C1C(=O)Nc1ccccc1. The monoisotopic (exact) mass is 544 g/mol. The lowest BCUT2D eigenvalue weighted by Crippen LogP contribution is -2.44. The Morgan fingerprint density at radius 3 is 1.78 bits per heavy atom. The number of hydrogen-bond donors (Lipinski definition) is 2. The van der Waals surface area contributed by atoms with Gasteiger partial charge in [0.1, 0.15) is 18.3 Å². The Labute approximate surface area is 240 Å². The molecule has 1 aliphatic carbocycles. The third-order valence-electron chi connectivity index (χ3n) is 7.32. The number of ether oxygens (including phenoxy) is 1. The molecule has 6 heteroatoms. The molecule has 0 saturated carbocycles. The number of hydrogen-bond acceptors (Lipinski definition) is 4. The van der Waals surface area contributed by atoms with E-state index in [2.05, 4.69) is 10.6 Å². The predicted molar refractivity (Wildman–Crippen MR) is 161 cm³/mol. The van der Waals surface area contributed by atoms with Gasteiger partial charge in [-0.25, -0.2) is 0 Å². The van der Waals surface area contributed by atoms with E-state index in [9.17, 15) is 14.4 Å². The Hall–Kier alpha value is -4.97. The Balaban J connectivity index is 1.45. The smallest absolute Gasteiger partial charge is 0.235 e. The summed E-state index contributed by atoms with van der Waals surface area (Å²) >= 11 is 0. The number of ketones is 1. The average molecular weight is 545 g/mol. The van der Waals surface area contributed by atoms with E-state index >= 15 is 0 Å². The molecule has 0 aromatic heterocycles. The zero-order valence-electron chi connectivity index (χ0n) is 23.0. The third kappa shape index (κ3) is 6.61. The number of nitrogens with one attached hydrogen (secondary N) is 2. The molecule has 2 amide bonds. The molecule has 0 radical (unpaired) electrons. The van der Waals surface area contributed by atoms with Gasteiger partial charge in [0.15, 0.2) is 5.78 Å². The van der Waals surface area contributed by atoms with Crippen molar-refractivity contribution >= 4 is 29.0 Å². The summed E-state index contributed by atoms with van der Waals surface area (Å²) in [5, 5.41) is 5.85. The number of anilines is 2. The standard InChI is InChI=1S/C35H32N2O4/c1-23-13-15-25(16-14-23)22-41-29-19-17-26(18-20-29)32-31(34(39)36-27-9-5-3-6-10-27)24(2)21-30(38)33(32)35(40)37-28-11-7-4-8-12-28/h3-21,31-33H,22H2,1-2H3,(H,36,39)(H,37,40). The lowest BCUT2D eigenvalue weighted by molar-refractivity contribution is -0.131. The molecule has 3 unspecified atom stereocenters. The van der Waals surface area contributed by atoms with Crippen molar-refractivity contribution in [1.82, 2.24) is 0 Å². The summed E-state index contributed by atoms with van der Waals surface area (Å²) in [6.07, 6.45) is 1.43. The van der Waals surface area contributed by atoms with Crippen molar-refractivity contribution in [2.24, 2.45) is 11.8 Å². The maximum Gasteiger partial charge on any atom is 0.235 e. The van der Waals surface area contributed by atoms with E-state index in [0.717, 1.165) is 5.56 Å². The maximum atomic E-state index is 13.7. The fourth-order valence-electron chi connectivity index (χ4n) is 5.22. The number of para-hydroxylation sites is 2. The van der Waals surface area contributed by atoms with Crippen molar-refractivity contribution in [2.75, 3.05) is 10.6 Å². The first-order chi connectivity index (χ1) is 19.9. The Kier molecular flexibility index (Phi) is 8.39. The molecule has 4 aromatic rings. The van der Waals surface area contributed by atoms with Crippen molar-refractivity contribution in [3.05, 3.63) is 138 Å². The third-order valence-corrected chi connectivity index (χ3v) is 7.32. The Morgan fingerprint density at radius 1 is 0.683 bits per heavy atom. The number of carbonyl (C=O) groups is 3. The predicted octanol–water partition coefficient (Wildman–Crippen LogP) is 6.70. The summed E-state index contributed by atoms with van der Waals surface area (Å²) in [5.74, 6) is -2.95. The van der Waals surface area contributed by atoms with Gasteiger partial charge in [-0.05, 0) is 67.4 Å². The highest BCUT2D eigenvalue weighted by Crippen LogP contribution is 2.42. The molecule has 206 valence electrons. The van der Waals surface area contributed by atoms with Crippen LogP contribution < -0.4 is 15.4 Å². The van der Waals surface area contributed by atoms with E-state index in [4.69, 9.17) is 4.74 Å². The summed E-state index contributed by atoms with van der Waals surface area (Å²) in [6.45, 7) is 4.22. The molecule has 0 aliphatic heterocycles. The highest BCUT2D eigenvalue weighted by Gasteiger charge is 2.46. The highest BCUT2D eigenvalue weighted by molar-refractivity contribution is 6.14. The molecular formula is C35H32N2O4. The summed E-state index contributed by atoms with van der Waals surface area (Å²) in [4.78, 5) is 40.8. The van der Waals surface area contributed by atoms with Gasteiger partial charge in [-0.1, -0.05) is 83.9 Å². The highest BCUT2D eigenvalue weighted by atomic mass is 16.5. The molecule has 6 nitrogen and oxygen atoms in total. The quantitative estimate of drug-likeness (QED) is 0.242. The summed E-state index contributed by atoms with van der Waals surface area (Å²) in [6, 6.07) is 33.6. The molecule has 1 aliphatic rings. The molecule has 41 heavy (non-hydrogen) atoms. The van der Waals surface area contributed by atoms with Crippen molar-refractivity contribution in [1.29, 1.82) is 0 Å². The zero-order valence-corrected chi connectivity index (χ0v) is 23.0. The lowest BCUT2D eigenvalue weighted by Gasteiger charge is -2.35. The van der Waals surface area contributed by atoms with Crippen LogP contribution in [0, 0.1) is 18.8 Å². The van der Waals surface area contributed by atoms with Crippen LogP contribution in [0.3, 0.4) is 0 Å². The van der Waals surface area contributed by atoms with Crippen LogP contribution in [0.1, 0.15) is 29.5 Å². The molecule has 0 bridgehead atoms. The van der Waals surface area contributed by atoms with E-state index < -0.39 is 23.7 Å². The number of rotatable bonds is 8. The molecule has 4 aromatic carbocycles. The van der Waals surface area contributed by atoms with Gasteiger partial charge in [0.2, 0.25) is 11.8 Å². The van der Waals surface area contributed by atoms with Crippen LogP contribution in [0.15, 0.2) is 121 Å². The molecule has 0 fully saturated rings. The number of allylic oxidation sites excluding steroid dienone is 1. The first-order valence-corrected chi connectivity index (χ1v) is 13.6. The van der Waals surface area contributed by atoms with E-state index in [1.165, 1.54) is 11.6 Å². The largest absolute Gasteiger partial charge is 0.489 e. The minimum absolute atomic E-state index is 0.278. The Morgan fingerprint density at radius 2 is 1.22 bits per heavy atom. The summed E-state index contributed by atoms with van der Waals surface area (Å²) in [5.41, 5.74) is 4.77. The fraction of sp³-hybridized carbons (Fsp3) is 0.171. The summed E-state index contributed by atoms with van der Waals surface area (Å²) in [7, 11) is 0. The van der Waals surface area contributed by atoms with Gasteiger partial charge in [0.05, 0.1) is 5.92 Å². The second kappa shape index (κ2) is 12.5.